The van der Waals surface area contributed by atoms with Crippen LogP contribution in [0.3, 0.4) is 0 Å². The molecule has 4 nitrogen and oxygen atoms in total. The fourth-order valence-electron chi connectivity index (χ4n) is 2.17. The summed E-state index contributed by atoms with van der Waals surface area (Å²) in [5.74, 6) is 1.59. The first-order chi connectivity index (χ1) is 9.85. The van der Waals surface area contributed by atoms with Gasteiger partial charge in [-0.15, -0.1) is 0 Å². The summed E-state index contributed by atoms with van der Waals surface area (Å²) in [6.45, 7) is 5.61. The Bertz CT molecular complexity index is 516. The lowest BCUT2D eigenvalue weighted by Gasteiger charge is -2.19. The smallest absolute Gasteiger partial charge is 0.166 e. The number of hydrogen-bond donors (Lipinski definition) is 1. The first-order valence-corrected chi connectivity index (χ1v) is 7.06. The monoisotopic (exact) mass is 271 g/mol. The molecule has 2 aromatic rings. The summed E-state index contributed by atoms with van der Waals surface area (Å²) in [5.41, 5.74) is 1.19. The third kappa shape index (κ3) is 3.78. The van der Waals surface area contributed by atoms with E-state index in [2.05, 4.69) is 35.2 Å². The second-order valence-corrected chi connectivity index (χ2v) is 4.51. The molecule has 0 aliphatic carbocycles. The lowest BCUT2D eigenvalue weighted by Crippen LogP contribution is -2.20. The minimum atomic E-state index is 0.313. The Hall–Kier alpha value is -1.94. The maximum absolute atomic E-state index is 5.89. The molecule has 0 spiro atoms. The molecular formula is C16H21N3O. The molecule has 0 fully saturated rings. The maximum Gasteiger partial charge on any atom is 0.166 e. The van der Waals surface area contributed by atoms with E-state index in [-0.39, 0.29) is 0 Å². The molecule has 0 saturated carbocycles. The van der Waals surface area contributed by atoms with Gasteiger partial charge in [0.2, 0.25) is 0 Å². The highest BCUT2D eigenvalue weighted by molar-refractivity contribution is 5.36. The van der Waals surface area contributed by atoms with Crippen LogP contribution in [0.25, 0.3) is 0 Å². The van der Waals surface area contributed by atoms with Crippen molar-refractivity contribution in [2.45, 2.75) is 32.9 Å². The number of aromatic nitrogens is 2. The minimum absolute atomic E-state index is 0.313. The minimum Gasteiger partial charge on any atom is -0.485 e. The number of rotatable bonds is 7. The molecule has 0 amide bonds. The molecule has 1 atom stereocenters. The Kier molecular flexibility index (Phi) is 5.50. The van der Waals surface area contributed by atoms with Gasteiger partial charge in [0.15, 0.2) is 5.82 Å². The van der Waals surface area contributed by atoms with Crippen LogP contribution in [0.2, 0.25) is 0 Å². The topological polar surface area (TPSA) is 47.0 Å². The Morgan fingerprint density at radius 2 is 1.85 bits per heavy atom. The maximum atomic E-state index is 5.89. The standard InChI is InChI=1S/C16H21N3O/c1-3-14(17-4-2)13-8-5-6-9-15(13)20-12-16-18-10-7-11-19-16/h5-11,14,17H,3-4,12H2,1-2H3. The number of ether oxygens (including phenoxy) is 1. The number of para-hydroxylation sites is 1. The highest BCUT2D eigenvalue weighted by Crippen LogP contribution is 2.27. The van der Waals surface area contributed by atoms with Crippen molar-refractivity contribution >= 4 is 0 Å². The zero-order valence-corrected chi connectivity index (χ0v) is 12.0. The van der Waals surface area contributed by atoms with E-state index in [0.29, 0.717) is 18.5 Å². The molecule has 2 rings (SSSR count). The molecule has 4 heteroatoms. The molecule has 1 aromatic heterocycles. The number of nitrogens with one attached hydrogen (secondary N) is 1. The molecule has 20 heavy (non-hydrogen) atoms. The van der Waals surface area contributed by atoms with E-state index in [1.807, 2.05) is 18.2 Å². The molecule has 1 unspecified atom stereocenters. The Morgan fingerprint density at radius 3 is 2.55 bits per heavy atom. The third-order valence-corrected chi connectivity index (χ3v) is 3.13. The normalized spacial score (nSPS) is 12.1. The average molecular weight is 271 g/mol. The second-order valence-electron chi connectivity index (χ2n) is 4.51. The molecule has 0 bridgehead atoms. The predicted molar refractivity (Wildman–Crippen MR) is 79.5 cm³/mol. The van der Waals surface area contributed by atoms with Crippen molar-refractivity contribution in [3.8, 4) is 5.75 Å². The van der Waals surface area contributed by atoms with Crippen molar-refractivity contribution in [2.75, 3.05) is 6.54 Å². The van der Waals surface area contributed by atoms with Gasteiger partial charge in [0.05, 0.1) is 0 Å². The van der Waals surface area contributed by atoms with Gasteiger partial charge in [-0.1, -0.05) is 32.0 Å². The van der Waals surface area contributed by atoms with Crippen LogP contribution in [-0.4, -0.2) is 16.5 Å². The average Bonchev–Trinajstić information content (AvgIpc) is 2.52. The van der Waals surface area contributed by atoms with Crippen LogP contribution in [0.1, 0.15) is 37.7 Å². The second kappa shape index (κ2) is 7.60. The molecule has 106 valence electrons. The van der Waals surface area contributed by atoms with Crippen LogP contribution >= 0.6 is 0 Å². The zero-order chi connectivity index (χ0) is 14.2. The van der Waals surface area contributed by atoms with Crippen molar-refractivity contribution in [3.05, 3.63) is 54.1 Å². The van der Waals surface area contributed by atoms with Crippen molar-refractivity contribution in [1.82, 2.24) is 15.3 Å². The predicted octanol–water partition coefficient (Wildman–Crippen LogP) is 3.12. The summed E-state index contributed by atoms with van der Waals surface area (Å²) < 4.78 is 5.89. The van der Waals surface area contributed by atoms with Gasteiger partial charge in [0.25, 0.3) is 0 Å². The lowest BCUT2D eigenvalue weighted by atomic mass is 10.0. The summed E-state index contributed by atoms with van der Waals surface area (Å²) >= 11 is 0. The van der Waals surface area contributed by atoms with Crippen molar-refractivity contribution in [3.63, 3.8) is 0 Å². The number of hydrogen-bond acceptors (Lipinski definition) is 4. The molecule has 1 N–H and O–H groups in total. The summed E-state index contributed by atoms with van der Waals surface area (Å²) in [6.07, 6.45) is 4.48. The highest BCUT2D eigenvalue weighted by Gasteiger charge is 2.13. The molecule has 1 heterocycles. The van der Waals surface area contributed by atoms with Crippen molar-refractivity contribution in [1.29, 1.82) is 0 Å². The molecule has 1 aromatic carbocycles. The SMILES string of the molecule is CCNC(CC)c1ccccc1OCc1ncccn1. The van der Waals surface area contributed by atoms with Gasteiger partial charge in [-0.25, -0.2) is 9.97 Å². The molecule has 0 aliphatic heterocycles. The summed E-state index contributed by atoms with van der Waals surface area (Å²) in [7, 11) is 0. The van der Waals surface area contributed by atoms with Gasteiger partial charge in [0, 0.05) is 24.0 Å². The molecule has 0 saturated heterocycles. The van der Waals surface area contributed by atoms with Gasteiger partial charge < -0.3 is 10.1 Å². The van der Waals surface area contributed by atoms with Gasteiger partial charge in [-0.2, -0.15) is 0 Å². The molecular weight excluding hydrogens is 250 g/mol. The van der Waals surface area contributed by atoms with Gasteiger partial charge >= 0.3 is 0 Å². The number of nitrogens with zero attached hydrogens (tertiary/aromatic N) is 2. The van der Waals surface area contributed by atoms with Crippen LogP contribution in [0.15, 0.2) is 42.7 Å². The van der Waals surface area contributed by atoms with E-state index in [1.54, 1.807) is 18.5 Å². The van der Waals surface area contributed by atoms with Crippen LogP contribution in [0.5, 0.6) is 5.75 Å². The van der Waals surface area contributed by atoms with Gasteiger partial charge in [0.1, 0.15) is 12.4 Å². The van der Waals surface area contributed by atoms with Crippen molar-refractivity contribution in [2.24, 2.45) is 0 Å². The molecule has 0 radical (unpaired) electrons. The number of benzene rings is 1. The van der Waals surface area contributed by atoms with E-state index < -0.39 is 0 Å². The van der Waals surface area contributed by atoms with Crippen molar-refractivity contribution < 1.29 is 4.74 Å². The first kappa shape index (κ1) is 14.5. The third-order valence-electron chi connectivity index (χ3n) is 3.13. The zero-order valence-electron chi connectivity index (χ0n) is 12.0. The van der Waals surface area contributed by atoms with E-state index in [1.165, 1.54) is 5.56 Å². The van der Waals surface area contributed by atoms with E-state index >= 15 is 0 Å². The van der Waals surface area contributed by atoms with Gasteiger partial charge in [-0.3, -0.25) is 0 Å². The first-order valence-electron chi connectivity index (χ1n) is 7.06. The van der Waals surface area contributed by atoms with E-state index in [4.69, 9.17) is 4.74 Å². The van der Waals surface area contributed by atoms with Crippen LogP contribution in [0, 0.1) is 0 Å². The van der Waals surface area contributed by atoms with Crippen LogP contribution in [0.4, 0.5) is 0 Å². The summed E-state index contributed by atoms with van der Waals surface area (Å²) in [4.78, 5) is 8.35. The van der Waals surface area contributed by atoms with Crippen LogP contribution < -0.4 is 10.1 Å². The summed E-state index contributed by atoms with van der Waals surface area (Å²) in [6, 6.07) is 10.3. The fourth-order valence-corrected chi connectivity index (χ4v) is 2.17. The fraction of sp³-hybridized carbons (Fsp3) is 0.375. The van der Waals surface area contributed by atoms with Gasteiger partial charge in [-0.05, 0) is 25.1 Å². The lowest BCUT2D eigenvalue weighted by molar-refractivity contribution is 0.288. The largest absolute Gasteiger partial charge is 0.485 e. The quantitative estimate of drug-likeness (QED) is 0.840. The van der Waals surface area contributed by atoms with E-state index in [9.17, 15) is 0 Å². The Labute approximate surface area is 120 Å². The molecule has 0 aliphatic rings. The Balaban J connectivity index is 2.11. The van der Waals surface area contributed by atoms with E-state index in [0.717, 1.165) is 18.7 Å². The Morgan fingerprint density at radius 1 is 1.10 bits per heavy atom. The summed E-state index contributed by atoms with van der Waals surface area (Å²) in [5, 5.41) is 3.48. The van der Waals surface area contributed by atoms with Crippen LogP contribution in [-0.2, 0) is 6.61 Å². The highest BCUT2D eigenvalue weighted by atomic mass is 16.5.